The highest BCUT2D eigenvalue weighted by atomic mass is 35.7. The Morgan fingerprint density at radius 1 is 1.89 bits per heavy atom. The van der Waals surface area contributed by atoms with Crippen molar-refractivity contribution in [3.8, 4) is 0 Å². The van der Waals surface area contributed by atoms with Crippen molar-refractivity contribution in [1.82, 2.24) is 5.16 Å². The molecule has 1 aromatic rings. The second-order valence-corrected chi connectivity index (χ2v) is 2.84. The Hall–Kier alpha value is -0.150. The molecule has 4 heteroatoms. The Labute approximate surface area is 62.1 Å². The lowest BCUT2D eigenvalue weighted by atomic mass is 10.4. The summed E-state index contributed by atoms with van der Waals surface area (Å²) in [5.41, 5.74) is 0.896. The van der Waals surface area contributed by atoms with E-state index >= 15 is 0 Å². The predicted octanol–water partition coefficient (Wildman–Crippen LogP) is 2.37. The van der Waals surface area contributed by atoms with E-state index < -0.39 is 0 Å². The van der Waals surface area contributed by atoms with Crippen LogP contribution in [0.1, 0.15) is 11.5 Å². The second kappa shape index (κ2) is 3.13. The summed E-state index contributed by atoms with van der Waals surface area (Å²) >= 11 is 0. The Balaban J connectivity index is 2.61. The number of halogens is 1. The molecular weight excluding hydrogens is 158 g/mol. The first-order chi connectivity index (χ1) is 4.33. The number of hydrogen-bond donors (Lipinski definition) is 0. The topological polar surface area (TPSA) is 26.0 Å². The minimum atomic E-state index is 0.707. The summed E-state index contributed by atoms with van der Waals surface area (Å²) < 4.78 is 4.80. The summed E-state index contributed by atoms with van der Waals surface area (Å²) in [5.74, 6) is 1.54. The molecule has 0 aromatic carbocycles. The summed E-state index contributed by atoms with van der Waals surface area (Å²) in [6.45, 7) is 1.86. The van der Waals surface area contributed by atoms with Crippen molar-refractivity contribution < 1.29 is 4.52 Å². The van der Waals surface area contributed by atoms with E-state index in [0.717, 1.165) is 11.5 Å². The SMILES string of the molecule is Cc1cc(CSCl)no1. The van der Waals surface area contributed by atoms with Gasteiger partial charge in [-0.15, -0.1) is 0 Å². The minimum Gasteiger partial charge on any atom is -0.361 e. The first-order valence-electron chi connectivity index (χ1n) is 2.48. The Bertz CT molecular complexity index is 189. The van der Waals surface area contributed by atoms with E-state index in [1.807, 2.05) is 13.0 Å². The molecule has 0 radical (unpaired) electrons. The Morgan fingerprint density at radius 2 is 2.67 bits per heavy atom. The monoisotopic (exact) mass is 163 g/mol. The molecule has 0 fully saturated rings. The van der Waals surface area contributed by atoms with Gasteiger partial charge in [0.15, 0.2) is 0 Å². The van der Waals surface area contributed by atoms with Crippen LogP contribution in [0.15, 0.2) is 10.6 Å². The number of hydrogen-bond acceptors (Lipinski definition) is 3. The van der Waals surface area contributed by atoms with Crippen LogP contribution in [-0.2, 0) is 5.75 Å². The lowest BCUT2D eigenvalue weighted by molar-refractivity contribution is 0.393. The molecule has 0 aliphatic carbocycles. The first kappa shape index (κ1) is 6.96. The van der Waals surface area contributed by atoms with Crippen molar-refractivity contribution in [2.24, 2.45) is 0 Å². The lowest BCUT2D eigenvalue weighted by Gasteiger charge is -1.80. The van der Waals surface area contributed by atoms with E-state index in [9.17, 15) is 0 Å². The molecule has 9 heavy (non-hydrogen) atoms. The van der Waals surface area contributed by atoms with Gasteiger partial charge in [-0.1, -0.05) is 5.16 Å². The molecule has 0 aliphatic heterocycles. The third kappa shape index (κ3) is 1.91. The van der Waals surface area contributed by atoms with Crippen molar-refractivity contribution in [3.05, 3.63) is 17.5 Å². The minimum absolute atomic E-state index is 0.707. The third-order valence-electron chi connectivity index (χ3n) is 0.879. The van der Waals surface area contributed by atoms with Crippen molar-refractivity contribution >= 4 is 21.7 Å². The van der Waals surface area contributed by atoms with E-state index in [2.05, 4.69) is 5.16 Å². The average molecular weight is 164 g/mol. The molecule has 50 valence electrons. The Morgan fingerprint density at radius 3 is 3.11 bits per heavy atom. The van der Waals surface area contributed by atoms with E-state index in [0.29, 0.717) is 5.75 Å². The highest BCUT2D eigenvalue weighted by Crippen LogP contribution is 2.14. The van der Waals surface area contributed by atoms with E-state index in [-0.39, 0.29) is 0 Å². The lowest BCUT2D eigenvalue weighted by Crippen LogP contribution is -1.72. The van der Waals surface area contributed by atoms with Gasteiger partial charge in [0.05, 0.1) is 11.4 Å². The van der Waals surface area contributed by atoms with Gasteiger partial charge < -0.3 is 4.52 Å². The summed E-state index contributed by atoms with van der Waals surface area (Å²) in [6, 6.07) is 1.87. The van der Waals surface area contributed by atoms with E-state index in [1.165, 1.54) is 11.0 Å². The standard InChI is InChI=1S/C5H6ClNOS/c1-4-2-5(3-9-6)7-8-4/h2H,3H2,1H3. The molecule has 1 rings (SSSR count). The number of aryl methyl sites for hydroxylation is 1. The Kier molecular flexibility index (Phi) is 2.42. The molecule has 0 spiro atoms. The van der Waals surface area contributed by atoms with Gasteiger partial charge in [-0.25, -0.2) is 0 Å². The third-order valence-corrected chi connectivity index (χ3v) is 1.61. The molecule has 0 atom stereocenters. The molecule has 0 saturated carbocycles. The van der Waals surface area contributed by atoms with Crippen molar-refractivity contribution in [3.63, 3.8) is 0 Å². The van der Waals surface area contributed by atoms with Gasteiger partial charge in [0, 0.05) is 6.07 Å². The van der Waals surface area contributed by atoms with Crippen LogP contribution in [-0.4, -0.2) is 5.16 Å². The fraction of sp³-hybridized carbons (Fsp3) is 0.400. The van der Waals surface area contributed by atoms with Gasteiger partial charge in [-0.05, 0) is 28.6 Å². The maximum atomic E-state index is 5.38. The van der Waals surface area contributed by atoms with Crippen molar-refractivity contribution in [2.75, 3.05) is 0 Å². The number of aromatic nitrogens is 1. The van der Waals surface area contributed by atoms with Gasteiger partial charge in [-0.2, -0.15) is 0 Å². The van der Waals surface area contributed by atoms with Crippen molar-refractivity contribution in [2.45, 2.75) is 12.7 Å². The van der Waals surface area contributed by atoms with Crippen LogP contribution in [0.4, 0.5) is 0 Å². The van der Waals surface area contributed by atoms with Crippen LogP contribution in [0.25, 0.3) is 0 Å². The first-order valence-corrected chi connectivity index (χ1v) is 4.30. The summed E-state index contributed by atoms with van der Waals surface area (Å²) in [7, 11) is 6.60. The van der Waals surface area contributed by atoms with Crippen LogP contribution >= 0.6 is 21.7 Å². The molecule has 2 nitrogen and oxygen atoms in total. The summed E-state index contributed by atoms with van der Waals surface area (Å²) in [4.78, 5) is 0. The molecule has 1 heterocycles. The van der Waals surface area contributed by atoms with Crippen LogP contribution in [0.5, 0.6) is 0 Å². The van der Waals surface area contributed by atoms with Crippen LogP contribution in [0.3, 0.4) is 0 Å². The zero-order valence-corrected chi connectivity index (χ0v) is 6.50. The van der Waals surface area contributed by atoms with Gasteiger partial charge in [0.2, 0.25) is 0 Å². The summed E-state index contributed by atoms with van der Waals surface area (Å²) in [6.07, 6.45) is 0. The maximum absolute atomic E-state index is 5.38. The molecule has 0 amide bonds. The predicted molar refractivity (Wildman–Crippen MR) is 38.4 cm³/mol. The summed E-state index contributed by atoms with van der Waals surface area (Å²) in [5, 5.41) is 3.73. The largest absolute Gasteiger partial charge is 0.361 e. The van der Waals surface area contributed by atoms with Gasteiger partial charge in [-0.3, -0.25) is 0 Å². The molecule has 0 bridgehead atoms. The molecule has 1 aromatic heterocycles. The van der Waals surface area contributed by atoms with Crippen LogP contribution in [0, 0.1) is 6.92 Å². The zero-order chi connectivity index (χ0) is 6.69. The average Bonchev–Trinajstić information content (AvgIpc) is 2.17. The fourth-order valence-electron chi connectivity index (χ4n) is 0.542. The molecule has 0 unspecified atom stereocenters. The normalized spacial score (nSPS) is 10.0. The van der Waals surface area contributed by atoms with Crippen molar-refractivity contribution in [1.29, 1.82) is 0 Å². The van der Waals surface area contributed by atoms with E-state index in [1.54, 1.807) is 0 Å². The second-order valence-electron chi connectivity index (χ2n) is 1.68. The van der Waals surface area contributed by atoms with Gasteiger partial charge >= 0.3 is 0 Å². The highest BCUT2D eigenvalue weighted by Gasteiger charge is 1.97. The number of nitrogens with zero attached hydrogens (tertiary/aromatic N) is 1. The molecule has 0 aliphatic rings. The molecule has 0 N–H and O–H groups in total. The molecular formula is C5H6ClNOS. The zero-order valence-electron chi connectivity index (χ0n) is 4.93. The maximum Gasteiger partial charge on any atom is 0.133 e. The molecule has 0 saturated heterocycles. The quantitative estimate of drug-likeness (QED) is 0.670. The van der Waals surface area contributed by atoms with Gasteiger partial charge in [0.1, 0.15) is 5.76 Å². The highest BCUT2D eigenvalue weighted by molar-refractivity contribution is 8.20. The van der Waals surface area contributed by atoms with E-state index in [4.69, 9.17) is 15.2 Å². The van der Waals surface area contributed by atoms with Gasteiger partial charge in [0.25, 0.3) is 0 Å². The fourth-order valence-corrected chi connectivity index (χ4v) is 1.13. The van der Waals surface area contributed by atoms with Crippen LogP contribution < -0.4 is 0 Å². The van der Waals surface area contributed by atoms with Crippen LogP contribution in [0.2, 0.25) is 0 Å². The number of rotatable bonds is 2. The smallest absolute Gasteiger partial charge is 0.133 e.